The largest absolute Gasteiger partial charge is 0.444 e. The van der Waals surface area contributed by atoms with Crippen LogP contribution >= 0.6 is 0 Å². The lowest BCUT2D eigenvalue weighted by molar-refractivity contribution is -0.126. The highest BCUT2D eigenvalue weighted by atomic mass is 16.6. The Morgan fingerprint density at radius 3 is 2.48 bits per heavy atom. The maximum atomic E-state index is 12.4. The summed E-state index contributed by atoms with van der Waals surface area (Å²) < 4.78 is 11.1. The predicted molar refractivity (Wildman–Crippen MR) is 78.3 cm³/mol. The first kappa shape index (κ1) is 17.3. The molecule has 0 aliphatic carbocycles. The molecule has 21 heavy (non-hydrogen) atoms. The van der Waals surface area contributed by atoms with Gasteiger partial charge in [0, 0.05) is 0 Å². The Labute approximate surface area is 126 Å². The van der Waals surface area contributed by atoms with Gasteiger partial charge in [-0.25, -0.2) is 4.79 Å². The fourth-order valence-corrected chi connectivity index (χ4v) is 2.34. The Morgan fingerprint density at radius 1 is 1.43 bits per heavy atom. The molecular formula is C15H24N2O4. The molecule has 0 aromatic heterocycles. The molecule has 1 N–H and O–H groups in total. The van der Waals surface area contributed by atoms with Crippen molar-refractivity contribution in [2.45, 2.75) is 65.0 Å². The van der Waals surface area contributed by atoms with Crippen LogP contribution in [0, 0.1) is 12.3 Å². The Hall–Kier alpha value is -1.74. The van der Waals surface area contributed by atoms with Crippen LogP contribution < -0.4 is 5.32 Å². The number of ether oxygens (including phenoxy) is 2. The van der Waals surface area contributed by atoms with Crippen molar-refractivity contribution in [3.8, 4) is 12.3 Å². The molecule has 0 spiro atoms. The van der Waals surface area contributed by atoms with Gasteiger partial charge in [-0.05, 0) is 41.5 Å². The number of hydrogen-bond acceptors (Lipinski definition) is 4. The van der Waals surface area contributed by atoms with E-state index in [-0.39, 0.29) is 12.5 Å². The van der Waals surface area contributed by atoms with E-state index >= 15 is 0 Å². The maximum absolute atomic E-state index is 12.4. The Balaban J connectivity index is 3.01. The van der Waals surface area contributed by atoms with Crippen molar-refractivity contribution in [3.05, 3.63) is 0 Å². The quantitative estimate of drug-likeness (QED) is 0.784. The molecule has 0 saturated carbocycles. The van der Waals surface area contributed by atoms with Crippen LogP contribution in [-0.4, -0.2) is 46.9 Å². The van der Waals surface area contributed by atoms with E-state index in [0.717, 1.165) is 0 Å². The van der Waals surface area contributed by atoms with Gasteiger partial charge in [0.15, 0.2) is 0 Å². The number of terminal acetylenes is 1. The van der Waals surface area contributed by atoms with Crippen molar-refractivity contribution in [1.82, 2.24) is 10.2 Å². The number of rotatable bonds is 2. The first-order valence-electron chi connectivity index (χ1n) is 6.91. The van der Waals surface area contributed by atoms with Gasteiger partial charge in [0.25, 0.3) is 0 Å². The minimum absolute atomic E-state index is 0.102. The van der Waals surface area contributed by atoms with Crippen LogP contribution in [0.2, 0.25) is 0 Å². The normalized spacial score (nSPS) is 24.3. The molecule has 1 aliphatic rings. The van der Waals surface area contributed by atoms with Gasteiger partial charge in [-0.15, -0.1) is 6.42 Å². The van der Waals surface area contributed by atoms with Gasteiger partial charge in [0.2, 0.25) is 5.91 Å². The van der Waals surface area contributed by atoms with Crippen LogP contribution in [0.5, 0.6) is 0 Å². The van der Waals surface area contributed by atoms with Gasteiger partial charge in [-0.2, -0.15) is 0 Å². The number of carbonyl (C=O) groups is 2. The van der Waals surface area contributed by atoms with E-state index in [9.17, 15) is 9.59 Å². The van der Waals surface area contributed by atoms with E-state index in [1.54, 1.807) is 41.5 Å². The smallest absolute Gasteiger partial charge is 0.413 e. The van der Waals surface area contributed by atoms with E-state index < -0.39 is 29.6 Å². The third-order valence-electron chi connectivity index (χ3n) is 3.00. The molecule has 118 valence electrons. The number of nitrogens with zero attached hydrogens (tertiary/aromatic N) is 1. The summed E-state index contributed by atoms with van der Waals surface area (Å²) in [6, 6.07) is -0.775. The molecule has 6 heteroatoms. The Bertz CT molecular complexity index is 459. The second kappa shape index (κ2) is 5.94. The second-order valence-electron chi connectivity index (χ2n) is 6.49. The van der Waals surface area contributed by atoms with Crippen LogP contribution in [0.1, 0.15) is 41.5 Å². The molecular weight excluding hydrogens is 272 g/mol. The molecule has 2 atom stereocenters. The SMILES string of the molecule is C#CCNC(=O)C1C(C)OC(C)(C)N1C(=O)OC(C)(C)C. The lowest BCUT2D eigenvalue weighted by Gasteiger charge is -2.34. The Kier molecular flexibility index (Phi) is 4.90. The summed E-state index contributed by atoms with van der Waals surface area (Å²) in [6.45, 7) is 10.6. The van der Waals surface area contributed by atoms with E-state index in [2.05, 4.69) is 11.2 Å². The first-order valence-corrected chi connectivity index (χ1v) is 6.91. The minimum atomic E-state index is -0.931. The van der Waals surface area contributed by atoms with Crippen LogP contribution in [0.25, 0.3) is 0 Å². The lowest BCUT2D eigenvalue weighted by atomic mass is 10.1. The van der Waals surface area contributed by atoms with Gasteiger partial charge in [0.05, 0.1) is 12.6 Å². The monoisotopic (exact) mass is 296 g/mol. The van der Waals surface area contributed by atoms with Crippen molar-refractivity contribution in [3.63, 3.8) is 0 Å². The molecule has 1 fully saturated rings. The number of nitrogens with one attached hydrogen (secondary N) is 1. The first-order chi connectivity index (χ1) is 9.49. The number of hydrogen-bond donors (Lipinski definition) is 1. The van der Waals surface area contributed by atoms with Gasteiger partial charge < -0.3 is 14.8 Å². The molecule has 1 heterocycles. The predicted octanol–water partition coefficient (Wildman–Crippen LogP) is 1.50. The summed E-state index contributed by atoms with van der Waals surface area (Å²) in [5, 5.41) is 2.59. The summed E-state index contributed by atoms with van der Waals surface area (Å²) in [7, 11) is 0. The van der Waals surface area contributed by atoms with Gasteiger partial charge in [0.1, 0.15) is 17.4 Å². The molecule has 0 aromatic carbocycles. The van der Waals surface area contributed by atoms with Crippen molar-refractivity contribution < 1.29 is 19.1 Å². The van der Waals surface area contributed by atoms with Crippen LogP contribution in [0.15, 0.2) is 0 Å². The summed E-state index contributed by atoms with van der Waals surface area (Å²) in [6.07, 6.45) is 4.10. The molecule has 2 unspecified atom stereocenters. The maximum Gasteiger partial charge on any atom is 0.413 e. The highest BCUT2D eigenvalue weighted by Gasteiger charge is 2.52. The van der Waals surface area contributed by atoms with Crippen LogP contribution in [0.3, 0.4) is 0 Å². The third-order valence-corrected chi connectivity index (χ3v) is 3.00. The molecule has 0 radical (unpaired) electrons. The zero-order valence-electron chi connectivity index (χ0n) is 13.5. The average molecular weight is 296 g/mol. The standard InChI is InChI=1S/C15H24N2O4/c1-8-9-16-12(18)11-10(2)20-15(6,7)17(11)13(19)21-14(3,4)5/h1,10-11H,9H2,2-7H3,(H,16,18). The van der Waals surface area contributed by atoms with E-state index in [1.807, 2.05) is 0 Å². The summed E-state index contributed by atoms with van der Waals surface area (Å²) in [5.41, 5.74) is -1.58. The topological polar surface area (TPSA) is 67.9 Å². The molecule has 1 saturated heterocycles. The average Bonchev–Trinajstić information content (AvgIpc) is 2.53. The van der Waals surface area contributed by atoms with Gasteiger partial charge in [-0.3, -0.25) is 9.69 Å². The summed E-state index contributed by atoms with van der Waals surface area (Å²) in [5.74, 6) is 1.98. The number of amides is 2. The van der Waals surface area contributed by atoms with Gasteiger partial charge in [-0.1, -0.05) is 5.92 Å². The molecule has 1 rings (SSSR count). The van der Waals surface area contributed by atoms with Crippen molar-refractivity contribution >= 4 is 12.0 Å². The van der Waals surface area contributed by atoms with E-state index in [4.69, 9.17) is 15.9 Å². The van der Waals surface area contributed by atoms with Crippen LogP contribution in [-0.2, 0) is 14.3 Å². The van der Waals surface area contributed by atoms with Crippen molar-refractivity contribution in [1.29, 1.82) is 0 Å². The fraction of sp³-hybridized carbons (Fsp3) is 0.733. The molecule has 6 nitrogen and oxygen atoms in total. The van der Waals surface area contributed by atoms with Crippen molar-refractivity contribution in [2.24, 2.45) is 0 Å². The van der Waals surface area contributed by atoms with Gasteiger partial charge >= 0.3 is 6.09 Å². The lowest BCUT2D eigenvalue weighted by Crippen LogP contribution is -2.55. The zero-order valence-corrected chi connectivity index (χ0v) is 13.5. The molecule has 0 aromatic rings. The zero-order chi connectivity index (χ0) is 16.4. The molecule has 1 aliphatic heterocycles. The second-order valence-corrected chi connectivity index (χ2v) is 6.49. The molecule has 2 amide bonds. The van der Waals surface area contributed by atoms with Crippen LogP contribution in [0.4, 0.5) is 4.79 Å². The van der Waals surface area contributed by atoms with Crippen molar-refractivity contribution in [2.75, 3.05) is 6.54 Å². The summed E-state index contributed by atoms with van der Waals surface area (Å²) >= 11 is 0. The van der Waals surface area contributed by atoms with E-state index in [1.165, 1.54) is 4.90 Å². The third kappa shape index (κ3) is 4.11. The highest BCUT2D eigenvalue weighted by Crippen LogP contribution is 2.33. The molecule has 0 bridgehead atoms. The highest BCUT2D eigenvalue weighted by molar-refractivity contribution is 5.87. The summed E-state index contributed by atoms with van der Waals surface area (Å²) in [4.78, 5) is 26.0. The number of carbonyl (C=O) groups excluding carboxylic acids is 2. The minimum Gasteiger partial charge on any atom is -0.444 e. The Morgan fingerprint density at radius 2 is 2.00 bits per heavy atom. The fourth-order valence-electron chi connectivity index (χ4n) is 2.34. The van der Waals surface area contributed by atoms with E-state index in [0.29, 0.717) is 0 Å².